The second-order valence-electron chi connectivity index (χ2n) is 5.51. The first-order valence-electron chi connectivity index (χ1n) is 7.71. The van der Waals surface area contributed by atoms with Crippen LogP contribution in [0.15, 0.2) is 46.9 Å². The van der Waals surface area contributed by atoms with Crippen LogP contribution < -0.4 is 5.32 Å². The van der Waals surface area contributed by atoms with Gasteiger partial charge in [0.1, 0.15) is 17.2 Å². The van der Waals surface area contributed by atoms with Gasteiger partial charge in [-0.3, -0.25) is 0 Å². The molecule has 4 rings (SSSR count). The monoisotopic (exact) mass is 307 g/mol. The van der Waals surface area contributed by atoms with Crippen molar-refractivity contribution in [1.29, 1.82) is 0 Å². The lowest BCUT2D eigenvalue weighted by Gasteiger charge is -2.12. The molecule has 0 amide bonds. The van der Waals surface area contributed by atoms with E-state index < -0.39 is 0 Å². The number of para-hydroxylation sites is 1. The molecular weight excluding hydrogens is 290 g/mol. The van der Waals surface area contributed by atoms with E-state index in [0.29, 0.717) is 0 Å². The summed E-state index contributed by atoms with van der Waals surface area (Å²) in [5.74, 6) is 2.49. The maximum absolute atomic E-state index is 5.90. The van der Waals surface area contributed by atoms with Crippen molar-refractivity contribution in [3.8, 4) is 0 Å². The summed E-state index contributed by atoms with van der Waals surface area (Å²) in [6, 6.07) is 13.9. The minimum Gasteiger partial charge on any atom is -0.459 e. The molecule has 0 bridgehead atoms. The zero-order valence-corrected chi connectivity index (χ0v) is 13.0. The van der Waals surface area contributed by atoms with Crippen molar-refractivity contribution in [1.82, 2.24) is 19.8 Å². The predicted octanol–water partition coefficient (Wildman–Crippen LogP) is 3.61. The van der Waals surface area contributed by atoms with E-state index in [1.807, 2.05) is 43.3 Å². The van der Waals surface area contributed by atoms with Gasteiger partial charge >= 0.3 is 0 Å². The number of nitrogens with zero attached hydrogens (tertiary/aromatic N) is 4. The number of rotatable bonds is 4. The molecule has 0 saturated heterocycles. The Morgan fingerprint density at radius 2 is 2.04 bits per heavy atom. The molecule has 3 aromatic heterocycles. The van der Waals surface area contributed by atoms with Gasteiger partial charge in [-0.05, 0) is 31.2 Å². The number of aryl methyl sites for hydroxylation is 1. The van der Waals surface area contributed by atoms with E-state index in [1.165, 1.54) is 0 Å². The van der Waals surface area contributed by atoms with Crippen LogP contribution in [0.4, 0.5) is 5.82 Å². The lowest BCUT2D eigenvalue weighted by atomic mass is 10.2. The summed E-state index contributed by atoms with van der Waals surface area (Å²) in [4.78, 5) is 0. The lowest BCUT2D eigenvalue weighted by Crippen LogP contribution is -2.09. The molecule has 0 radical (unpaired) electrons. The molecule has 6 nitrogen and oxygen atoms in total. The summed E-state index contributed by atoms with van der Waals surface area (Å²) in [5, 5.41) is 17.3. The minimum absolute atomic E-state index is 0.00825. The third-order valence-corrected chi connectivity index (χ3v) is 3.88. The quantitative estimate of drug-likeness (QED) is 0.624. The van der Waals surface area contributed by atoms with E-state index in [4.69, 9.17) is 4.42 Å². The molecule has 0 aliphatic heterocycles. The van der Waals surface area contributed by atoms with Crippen molar-refractivity contribution in [3.63, 3.8) is 0 Å². The summed E-state index contributed by atoms with van der Waals surface area (Å²) >= 11 is 0. The largest absolute Gasteiger partial charge is 0.459 e. The highest BCUT2D eigenvalue weighted by atomic mass is 16.3. The first-order valence-corrected chi connectivity index (χ1v) is 7.71. The number of benzene rings is 1. The molecule has 6 heteroatoms. The molecule has 0 aliphatic rings. The average molecular weight is 307 g/mol. The number of hydrogen-bond acceptors (Lipinski definition) is 5. The second-order valence-corrected chi connectivity index (χ2v) is 5.51. The van der Waals surface area contributed by atoms with Gasteiger partial charge in [0.05, 0.1) is 6.04 Å². The number of aromatic nitrogens is 4. The van der Waals surface area contributed by atoms with E-state index in [2.05, 4.69) is 33.6 Å². The normalized spacial score (nSPS) is 12.8. The Labute approximate surface area is 133 Å². The number of anilines is 1. The lowest BCUT2D eigenvalue weighted by molar-refractivity contribution is 0.525. The summed E-state index contributed by atoms with van der Waals surface area (Å²) < 4.78 is 7.67. The summed E-state index contributed by atoms with van der Waals surface area (Å²) in [6.07, 6.45) is 0.788. The molecule has 1 atom stereocenters. The van der Waals surface area contributed by atoms with Crippen LogP contribution in [0.2, 0.25) is 0 Å². The van der Waals surface area contributed by atoms with Crippen LogP contribution in [0.5, 0.6) is 0 Å². The molecule has 0 unspecified atom stereocenters. The highest BCUT2D eigenvalue weighted by Crippen LogP contribution is 2.25. The Balaban J connectivity index is 1.63. The maximum Gasteiger partial charge on any atom is 0.178 e. The van der Waals surface area contributed by atoms with Crippen molar-refractivity contribution < 1.29 is 4.42 Å². The highest BCUT2D eigenvalue weighted by Gasteiger charge is 2.13. The molecule has 116 valence electrons. The van der Waals surface area contributed by atoms with E-state index in [0.717, 1.165) is 40.4 Å². The Morgan fingerprint density at radius 3 is 2.87 bits per heavy atom. The summed E-state index contributed by atoms with van der Waals surface area (Å²) in [5.41, 5.74) is 1.65. The van der Waals surface area contributed by atoms with Crippen LogP contribution in [0.25, 0.3) is 16.6 Å². The Bertz CT molecular complexity index is 938. The third-order valence-electron chi connectivity index (χ3n) is 3.88. The maximum atomic E-state index is 5.90. The van der Waals surface area contributed by atoms with Crippen molar-refractivity contribution in [3.05, 3.63) is 54.0 Å². The van der Waals surface area contributed by atoms with Gasteiger partial charge in [0, 0.05) is 11.8 Å². The van der Waals surface area contributed by atoms with Crippen LogP contribution in [0.3, 0.4) is 0 Å². The van der Waals surface area contributed by atoms with Gasteiger partial charge in [-0.2, -0.15) is 4.52 Å². The van der Waals surface area contributed by atoms with E-state index in [-0.39, 0.29) is 6.04 Å². The van der Waals surface area contributed by atoms with E-state index in [1.54, 1.807) is 4.52 Å². The molecular formula is C17H17N5O. The zero-order chi connectivity index (χ0) is 15.8. The van der Waals surface area contributed by atoms with Gasteiger partial charge in [-0.1, -0.05) is 25.1 Å². The van der Waals surface area contributed by atoms with Gasteiger partial charge in [-0.25, -0.2) is 0 Å². The molecule has 3 heterocycles. The third kappa shape index (κ3) is 2.42. The Hall–Kier alpha value is -2.89. The topological polar surface area (TPSA) is 68.2 Å². The van der Waals surface area contributed by atoms with Crippen molar-refractivity contribution >= 4 is 22.4 Å². The molecule has 0 saturated carbocycles. The fourth-order valence-electron chi connectivity index (χ4n) is 2.64. The molecule has 0 spiro atoms. The predicted molar refractivity (Wildman–Crippen MR) is 88.4 cm³/mol. The summed E-state index contributed by atoms with van der Waals surface area (Å²) in [6.45, 7) is 4.09. The van der Waals surface area contributed by atoms with Crippen molar-refractivity contribution in [2.45, 2.75) is 26.3 Å². The van der Waals surface area contributed by atoms with Crippen LogP contribution >= 0.6 is 0 Å². The van der Waals surface area contributed by atoms with E-state index in [9.17, 15) is 0 Å². The smallest absolute Gasteiger partial charge is 0.178 e. The van der Waals surface area contributed by atoms with Crippen LogP contribution in [-0.4, -0.2) is 19.8 Å². The SMILES string of the molecule is CCc1nnc2ccc(N[C@H](C)c3cc4ccccc4o3)nn12. The molecule has 1 N–H and O–H groups in total. The molecule has 1 aromatic carbocycles. The Morgan fingerprint density at radius 1 is 1.17 bits per heavy atom. The van der Waals surface area contributed by atoms with Gasteiger partial charge in [0.2, 0.25) is 0 Å². The zero-order valence-electron chi connectivity index (χ0n) is 13.0. The minimum atomic E-state index is 0.00825. The fourth-order valence-corrected chi connectivity index (χ4v) is 2.64. The van der Waals surface area contributed by atoms with Gasteiger partial charge in [0.15, 0.2) is 11.5 Å². The highest BCUT2D eigenvalue weighted by molar-refractivity contribution is 5.77. The van der Waals surface area contributed by atoms with Crippen molar-refractivity contribution in [2.24, 2.45) is 0 Å². The van der Waals surface area contributed by atoms with E-state index >= 15 is 0 Å². The standard InChI is InChI=1S/C17H17N5O/c1-3-16-19-20-17-9-8-15(21-22(16)17)18-11(2)14-10-12-6-4-5-7-13(12)23-14/h4-11H,3H2,1-2H3,(H,18,21)/t11-/m1/s1. The number of nitrogens with one attached hydrogen (secondary N) is 1. The number of hydrogen-bond donors (Lipinski definition) is 1. The van der Waals surface area contributed by atoms with Crippen LogP contribution in [0.1, 0.15) is 31.5 Å². The number of fused-ring (bicyclic) bond motifs is 2. The summed E-state index contributed by atoms with van der Waals surface area (Å²) in [7, 11) is 0. The second kappa shape index (κ2) is 5.39. The first kappa shape index (κ1) is 13.8. The van der Waals surface area contributed by atoms with Crippen LogP contribution in [-0.2, 0) is 6.42 Å². The van der Waals surface area contributed by atoms with Crippen molar-refractivity contribution in [2.75, 3.05) is 5.32 Å². The van der Waals surface area contributed by atoms with Gasteiger partial charge in [0.25, 0.3) is 0 Å². The number of furan rings is 1. The average Bonchev–Trinajstić information content (AvgIpc) is 3.18. The fraction of sp³-hybridized carbons (Fsp3) is 0.235. The molecule has 0 fully saturated rings. The molecule has 4 aromatic rings. The first-order chi connectivity index (χ1) is 11.2. The Kier molecular flexibility index (Phi) is 3.22. The molecule has 0 aliphatic carbocycles. The van der Waals surface area contributed by atoms with Crippen LogP contribution in [0, 0.1) is 0 Å². The van der Waals surface area contributed by atoms with Gasteiger partial charge in [-0.15, -0.1) is 15.3 Å². The molecule has 23 heavy (non-hydrogen) atoms. The van der Waals surface area contributed by atoms with Gasteiger partial charge < -0.3 is 9.73 Å².